The van der Waals surface area contributed by atoms with Crippen molar-refractivity contribution in [1.29, 1.82) is 0 Å². The van der Waals surface area contributed by atoms with Crippen LogP contribution in [0, 0.1) is 5.92 Å². The Balaban J connectivity index is 1.57. The van der Waals surface area contributed by atoms with Gasteiger partial charge in [0, 0.05) is 34.3 Å². The summed E-state index contributed by atoms with van der Waals surface area (Å²) in [6.45, 7) is 2.90. The van der Waals surface area contributed by atoms with Gasteiger partial charge in [-0.25, -0.2) is 0 Å². The summed E-state index contributed by atoms with van der Waals surface area (Å²) in [4.78, 5) is 13.9. The zero-order chi connectivity index (χ0) is 18.8. The predicted octanol–water partition coefficient (Wildman–Crippen LogP) is 3.75. The molecule has 6 heteroatoms. The molecule has 4 rings (SSSR count). The second-order valence-electron chi connectivity index (χ2n) is 7.20. The van der Waals surface area contributed by atoms with E-state index in [-0.39, 0.29) is 11.8 Å². The molecule has 142 valence electrons. The van der Waals surface area contributed by atoms with Gasteiger partial charge in [-0.05, 0) is 31.5 Å². The fraction of sp³-hybridized carbons (Fsp3) is 0.381. The van der Waals surface area contributed by atoms with Crippen molar-refractivity contribution < 1.29 is 14.3 Å². The molecule has 0 aliphatic carbocycles. The highest BCUT2D eigenvalue weighted by atomic mass is 79.9. The second-order valence-corrected chi connectivity index (χ2v) is 8.12. The molecule has 1 amide bonds. The standard InChI is InChI=1S/C21H23BrN2O3/c22-18-9-16(12-24-8-4-7-15(11-24)20(23)25)19-17(10-18)13-26-21(27-19)14-5-2-1-3-6-14/h1-3,5-6,9-10,15,21H,4,7-8,11-13H2,(H2,23,25)/t15-,21-/m1/s1. The Bertz CT molecular complexity index is 828. The molecule has 27 heavy (non-hydrogen) atoms. The van der Waals surface area contributed by atoms with E-state index in [2.05, 4.69) is 26.9 Å². The number of nitrogens with two attached hydrogens (primary N) is 1. The average Bonchev–Trinajstić information content (AvgIpc) is 2.68. The molecule has 0 unspecified atom stereocenters. The maximum atomic E-state index is 11.6. The molecule has 2 aromatic rings. The Hall–Kier alpha value is -1.89. The summed E-state index contributed by atoms with van der Waals surface area (Å²) in [6.07, 6.45) is 1.46. The molecule has 0 radical (unpaired) electrons. The first-order valence-corrected chi connectivity index (χ1v) is 10.1. The highest BCUT2D eigenvalue weighted by Gasteiger charge is 2.28. The first-order chi connectivity index (χ1) is 13.1. The molecule has 1 saturated heterocycles. The lowest BCUT2D eigenvalue weighted by atomic mass is 9.96. The zero-order valence-corrected chi connectivity index (χ0v) is 16.7. The summed E-state index contributed by atoms with van der Waals surface area (Å²) in [5, 5.41) is 0. The molecule has 2 N–H and O–H groups in total. The lowest BCUT2D eigenvalue weighted by Gasteiger charge is -2.33. The molecule has 0 aromatic heterocycles. The van der Waals surface area contributed by atoms with Gasteiger partial charge in [-0.3, -0.25) is 9.69 Å². The summed E-state index contributed by atoms with van der Waals surface area (Å²) < 4.78 is 13.2. The highest BCUT2D eigenvalue weighted by molar-refractivity contribution is 9.10. The van der Waals surface area contributed by atoms with Gasteiger partial charge >= 0.3 is 0 Å². The van der Waals surface area contributed by atoms with Crippen LogP contribution in [0.15, 0.2) is 46.9 Å². The van der Waals surface area contributed by atoms with Crippen molar-refractivity contribution in [2.75, 3.05) is 13.1 Å². The average molecular weight is 431 g/mol. The molecule has 0 spiro atoms. The number of carbonyl (C=O) groups excluding carboxylic acids is 1. The molecule has 2 aliphatic rings. The molecule has 0 bridgehead atoms. The van der Waals surface area contributed by atoms with Crippen LogP contribution in [0.4, 0.5) is 0 Å². The van der Waals surface area contributed by atoms with Crippen molar-refractivity contribution in [1.82, 2.24) is 4.90 Å². The monoisotopic (exact) mass is 430 g/mol. The van der Waals surface area contributed by atoms with Gasteiger partial charge in [0.05, 0.1) is 12.5 Å². The molecule has 5 nitrogen and oxygen atoms in total. The SMILES string of the molecule is NC(=O)[C@@H]1CCCN(Cc2cc(Br)cc3c2O[C@H](c2ccccc2)OC3)C1. The quantitative estimate of drug-likeness (QED) is 0.801. The van der Waals surface area contributed by atoms with Gasteiger partial charge < -0.3 is 15.2 Å². The van der Waals surface area contributed by atoms with Crippen molar-refractivity contribution in [3.05, 3.63) is 63.6 Å². The van der Waals surface area contributed by atoms with E-state index in [0.29, 0.717) is 13.2 Å². The molecular formula is C21H23BrN2O3. The van der Waals surface area contributed by atoms with E-state index in [4.69, 9.17) is 15.2 Å². The van der Waals surface area contributed by atoms with Crippen LogP contribution >= 0.6 is 15.9 Å². The van der Waals surface area contributed by atoms with Gasteiger partial charge in [0.15, 0.2) is 0 Å². The number of fused-ring (bicyclic) bond motifs is 1. The number of ether oxygens (including phenoxy) is 2. The number of primary amides is 1. The van der Waals surface area contributed by atoms with Crippen LogP contribution in [0.3, 0.4) is 0 Å². The van der Waals surface area contributed by atoms with Gasteiger partial charge in [0.2, 0.25) is 12.2 Å². The molecule has 1 fully saturated rings. The fourth-order valence-corrected chi connectivity index (χ4v) is 4.39. The predicted molar refractivity (Wildman–Crippen MR) is 106 cm³/mol. The Morgan fingerprint density at radius 2 is 2.07 bits per heavy atom. The van der Waals surface area contributed by atoms with E-state index in [0.717, 1.165) is 52.8 Å². The van der Waals surface area contributed by atoms with Gasteiger partial charge in [0.25, 0.3) is 0 Å². The third-order valence-corrected chi connectivity index (χ3v) is 5.65. The van der Waals surface area contributed by atoms with Crippen molar-refractivity contribution in [3.63, 3.8) is 0 Å². The molecule has 2 aliphatic heterocycles. The molecule has 2 heterocycles. The number of carbonyl (C=O) groups is 1. The first-order valence-electron chi connectivity index (χ1n) is 9.26. The Morgan fingerprint density at radius 1 is 1.26 bits per heavy atom. The van der Waals surface area contributed by atoms with Crippen LogP contribution in [0.25, 0.3) is 0 Å². The third-order valence-electron chi connectivity index (χ3n) is 5.20. The number of piperidine rings is 1. The summed E-state index contributed by atoms with van der Waals surface area (Å²) >= 11 is 3.60. The van der Waals surface area contributed by atoms with Gasteiger partial charge in [0.1, 0.15) is 5.75 Å². The summed E-state index contributed by atoms with van der Waals surface area (Å²) in [6, 6.07) is 14.1. The van der Waals surface area contributed by atoms with E-state index < -0.39 is 6.29 Å². The van der Waals surface area contributed by atoms with Crippen molar-refractivity contribution in [2.45, 2.75) is 32.3 Å². The van der Waals surface area contributed by atoms with E-state index in [1.807, 2.05) is 36.4 Å². The van der Waals surface area contributed by atoms with E-state index in [1.165, 1.54) is 0 Å². The molecule has 2 atom stereocenters. The number of nitrogens with zero attached hydrogens (tertiary/aromatic N) is 1. The van der Waals surface area contributed by atoms with E-state index >= 15 is 0 Å². The van der Waals surface area contributed by atoms with E-state index in [1.54, 1.807) is 0 Å². The number of benzene rings is 2. The number of rotatable bonds is 4. The lowest BCUT2D eigenvalue weighted by Crippen LogP contribution is -2.40. The largest absolute Gasteiger partial charge is 0.460 e. The topological polar surface area (TPSA) is 64.8 Å². The summed E-state index contributed by atoms with van der Waals surface area (Å²) in [5.41, 5.74) is 8.67. The van der Waals surface area contributed by atoms with Crippen LogP contribution < -0.4 is 10.5 Å². The van der Waals surface area contributed by atoms with Crippen LogP contribution in [0.1, 0.15) is 35.8 Å². The normalized spacial score (nSPS) is 22.7. The number of halogens is 1. The second kappa shape index (κ2) is 8.00. The van der Waals surface area contributed by atoms with Crippen LogP contribution in [0.2, 0.25) is 0 Å². The smallest absolute Gasteiger partial charge is 0.227 e. The Kier molecular flexibility index (Phi) is 5.48. The fourth-order valence-electron chi connectivity index (χ4n) is 3.84. The van der Waals surface area contributed by atoms with Crippen LogP contribution in [-0.2, 0) is 22.7 Å². The molecule has 2 aromatic carbocycles. The van der Waals surface area contributed by atoms with Crippen molar-refractivity contribution >= 4 is 21.8 Å². The minimum atomic E-state index is -0.404. The van der Waals surface area contributed by atoms with Gasteiger partial charge in [-0.2, -0.15) is 0 Å². The van der Waals surface area contributed by atoms with E-state index in [9.17, 15) is 4.79 Å². The maximum Gasteiger partial charge on any atom is 0.227 e. The maximum absolute atomic E-state index is 11.6. The first kappa shape index (κ1) is 18.5. The zero-order valence-electron chi connectivity index (χ0n) is 15.1. The lowest BCUT2D eigenvalue weighted by molar-refractivity contribution is -0.123. The number of amides is 1. The summed E-state index contributed by atoms with van der Waals surface area (Å²) in [7, 11) is 0. The number of hydrogen-bond acceptors (Lipinski definition) is 4. The third kappa shape index (κ3) is 4.18. The molecular weight excluding hydrogens is 408 g/mol. The Morgan fingerprint density at radius 3 is 2.85 bits per heavy atom. The minimum Gasteiger partial charge on any atom is -0.460 e. The van der Waals surface area contributed by atoms with Crippen molar-refractivity contribution in [2.24, 2.45) is 11.7 Å². The minimum absolute atomic E-state index is 0.0666. The Labute approximate surface area is 167 Å². The van der Waals surface area contributed by atoms with Gasteiger partial charge in [-0.1, -0.05) is 46.3 Å². The summed E-state index contributed by atoms with van der Waals surface area (Å²) in [5.74, 6) is 0.618. The number of hydrogen-bond donors (Lipinski definition) is 1. The highest BCUT2D eigenvalue weighted by Crippen LogP contribution is 2.38. The van der Waals surface area contributed by atoms with Crippen LogP contribution in [-0.4, -0.2) is 23.9 Å². The van der Waals surface area contributed by atoms with Crippen molar-refractivity contribution in [3.8, 4) is 5.75 Å². The van der Waals surface area contributed by atoms with Crippen LogP contribution in [0.5, 0.6) is 5.75 Å². The molecule has 0 saturated carbocycles. The van der Waals surface area contributed by atoms with Gasteiger partial charge in [-0.15, -0.1) is 0 Å². The number of likely N-dealkylation sites (tertiary alicyclic amines) is 1.